The zero-order valence-corrected chi connectivity index (χ0v) is 15.1. The van der Waals surface area contributed by atoms with E-state index in [-0.39, 0.29) is 0 Å². The van der Waals surface area contributed by atoms with Crippen LogP contribution in [0, 0.1) is 17.8 Å². The molecule has 1 saturated carbocycles. The van der Waals surface area contributed by atoms with Crippen molar-refractivity contribution in [2.24, 2.45) is 23.5 Å². The fourth-order valence-corrected chi connectivity index (χ4v) is 3.72. The molecule has 2 rings (SSSR count). The molecule has 1 aliphatic carbocycles. The summed E-state index contributed by atoms with van der Waals surface area (Å²) in [4.78, 5) is 2.64. The molecule has 0 bridgehead atoms. The van der Waals surface area contributed by atoms with Gasteiger partial charge in [0.15, 0.2) is 0 Å². The largest absolute Gasteiger partial charge is 0.497 e. The van der Waals surface area contributed by atoms with Crippen molar-refractivity contribution < 1.29 is 4.74 Å². The Morgan fingerprint density at radius 3 is 2.22 bits per heavy atom. The number of nitrogens with two attached hydrogens (primary N) is 1. The summed E-state index contributed by atoms with van der Waals surface area (Å²) in [6.07, 6.45) is 5.33. The number of ether oxygens (including phenoxy) is 1. The lowest BCUT2D eigenvalue weighted by atomic mass is 9.81. The van der Waals surface area contributed by atoms with Gasteiger partial charge in [0.2, 0.25) is 0 Å². The molecule has 1 aromatic carbocycles. The lowest BCUT2D eigenvalue weighted by molar-refractivity contribution is 0.162. The van der Waals surface area contributed by atoms with Gasteiger partial charge in [-0.05, 0) is 67.7 Å². The lowest BCUT2D eigenvalue weighted by Crippen LogP contribution is -2.34. The molecular weight excluding hydrogens is 284 g/mol. The molecule has 0 amide bonds. The first kappa shape index (κ1) is 18.3. The smallest absolute Gasteiger partial charge is 0.118 e. The minimum atomic E-state index is 0.702. The van der Waals surface area contributed by atoms with E-state index in [9.17, 15) is 0 Å². The Labute approximate surface area is 142 Å². The molecule has 0 aliphatic heterocycles. The van der Waals surface area contributed by atoms with Crippen molar-refractivity contribution in [2.45, 2.75) is 46.1 Å². The predicted molar refractivity (Wildman–Crippen MR) is 97.6 cm³/mol. The molecule has 1 aliphatic rings. The Hall–Kier alpha value is -1.06. The zero-order valence-electron chi connectivity index (χ0n) is 15.1. The molecule has 0 spiro atoms. The van der Waals surface area contributed by atoms with E-state index in [0.29, 0.717) is 5.92 Å². The molecule has 0 radical (unpaired) electrons. The van der Waals surface area contributed by atoms with Gasteiger partial charge in [-0.1, -0.05) is 26.0 Å². The van der Waals surface area contributed by atoms with Crippen LogP contribution in [0.5, 0.6) is 5.75 Å². The van der Waals surface area contributed by atoms with Gasteiger partial charge in [0.1, 0.15) is 5.75 Å². The normalized spacial score (nSPS) is 21.8. The minimum absolute atomic E-state index is 0.702. The van der Waals surface area contributed by atoms with Crippen molar-refractivity contribution >= 4 is 0 Å². The van der Waals surface area contributed by atoms with E-state index >= 15 is 0 Å². The summed E-state index contributed by atoms with van der Waals surface area (Å²) in [7, 11) is 1.72. The van der Waals surface area contributed by atoms with E-state index in [4.69, 9.17) is 10.5 Å². The Morgan fingerprint density at radius 2 is 1.70 bits per heavy atom. The number of hydrogen-bond donors (Lipinski definition) is 1. The Morgan fingerprint density at radius 1 is 1.09 bits per heavy atom. The molecule has 1 fully saturated rings. The summed E-state index contributed by atoms with van der Waals surface area (Å²) < 4.78 is 5.26. The van der Waals surface area contributed by atoms with Crippen LogP contribution in [0.4, 0.5) is 0 Å². The molecule has 3 nitrogen and oxygen atoms in total. The summed E-state index contributed by atoms with van der Waals surface area (Å²) in [5.41, 5.74) is 7.20. The molecule has 3 heteroatoms. The van der Waals surface area contributed by atoms with Crippen LogP contribution in [0.25, 0.3) is 0 Å². The van der Waals surface area contributed by atoms with E-state index in [1.54, 1.807) is 7.11 Å². The van der Waals surface area contributed by atoms with Crippen LogP contribution in [0.2, 0.25) is 0 Å². The average Bonchev–Trinajstić information content (AvgIpc) is 2.55. The number of rotatable bonds is 8. The Bertz CT molecular complexity index is 435. The third-order valence-electron chi connectivity index (χ3n) is 5.00. The van der Waals surface area contributed by atoms with E-state index in [2.05, 4.69) is 43.0 Å². The lowest BCUT2D eigenvalue weighted by Gasteiger charge is -2.33. The second kappa shape index (κ2) is 9.29. The number of benzene rings is 1. The number of methoxy groups -OCH3 is 1. The van der Waals surface area contributed by atoms with E-state index in [0.717, 1.165) is 30.7 Å². The highest BCUT2D eigenvalue weighted by molar-refractivity contribution is 5.27. The SMILES string of the molecule is COc1ccc(CN(CC(C)C)CC2CCC(CN)CC2)cc1. The summed E-state index contributed by atoms with van der Waals surface area (Å²) in [6, 6.07) is 8.51. The molecule has 2 N–H and O–H groups in total. The van der Waals surface area contributed by atoms with Gasteiger partial charge in [0, 0.05) is 19.6 Å². The summed E-state index contributed by atoms with van der Waals surface area (Å²) in [5, 5.41) is 0. The van der Waals surface area contributed by atoms with Gasteiger partial charge in [0.05, 0.1) is 7.11 Å². The van der Waals surface area contributed by atoms with Crippen molar-refractivity contribution in [3.05, 3.63) is 29.8 Å². The van der Waals surface area contributed by atoms with Gasteiger partial charge < -0.3 is 10.5 Å². The monoisotopic (exact) mass is 318 g/mol. The standard InChI is InChI=1S/C20H34N2O/c1-16(2)13-22(14-18-6-4-17(12-21)5-7-18)15-19-8-10-20(23-3)11-9-19/h8-11,16-18H,4-7,12-15,21H2,1-3H3. The van der Waals surface area contributed by atoms with Crippen LogP contribution in [0.1, 0.15) is 45.1 Å². The molecule has 130 valence electrons. The van der Waals surface area contributed by atoms with Crippen molar-refractivity contribution in [2.75, 3.05) is 26.7 Å². The van der Waals surface area contributed by atoms with Crippen molar-refractivity contribution in [3.63, 3.8) is 0 Å². The third kappa shape index (κ3) is 6.15. The second-order valence-corrected chi connectivity index (χ2v) is 7.56. The van der Waals surface area contributed by atoms with E-state index in [1.165, 1.54) is 44.3 Å². The Kier molecular flexibility index (Phi) is 7.38. The highest BCUT2D eigenvalue weighted by atomic mass is 16.5. The first-order chi connectivity index (χ1) is 11.1. The highest BCUT2D eigenvalue weighted by Gasteiger charge is 2.22. The second-order valence-electron chi connectivity index (χ2n) is 7.56. The molecule has 1 aromatic rings. The van der Waals surface area contributed by atoms with E-state index in [1.807, 2.05) is 0 Å². The summed E-state index contributed by atoms with van der Waals surface area (Å²) in [5.74, 6) is 3.25. The highest BCUT2D eigenvalue weighted by Crippen LogP contribution is 2.29. The van der Waals surface area contributed by atoms with Crippen molar-refractivity contribution in [1.82, 2.24) is 4.90 Å². The molecule has 0 heterocycles. The van der Waals surface area contributed by atoms with E-state index < -0.39 is 0 Å². The van der Waals surface area contributed by atoms with Gasteiger partial charge in [-0.25, -0.2) is 0 Å². The van der Waals surface area contributed by atoms with Gasteiger partial charge >= 0.3 is 0 Å². The van der Waals surface area contributed by atoms with Gasteiger partial charge in [-0.2, -0.15) is 0 Å². The van der Waals surface area contributed by atoms with Crippen LogP contribution >= 0.6 is 0 Å². The average molecular weight is 319 g/mol. The maximum Gasteiger partial charge on any atom is 0.118 e. The van der Waals surface area contributed by atoms with Crippen molar-refractivity contribution in [3.8, 4) is 5.75 Å². The van der Waals surface area contributed by atoms with Crippen LogP contribution in [0.15, 0.2) is 24.3 Å². The maximum atomic E-state index is 5.82. The first-order valence-corrected chi connectivity index (χ1v) is 9.16. The number of hydrogen-bond acceptors (Lipinski definition) is 3. The van der Waals surface area contributed by atoms with Crippen LogP contribution < -0.4 is 10.5 Å². The van der Waals surface area contributed by atoms with Crippen LogP contribution in [0.3, 0.4) is 0 Å². The third-order valence-corrected chi connectivity index (χ3v) is 5.00. The van der Waals surface area contributed by atoms with Crippen LogP contribution in [-0.2, 0) is 6.54 Å². The van der Waals surface area contributed by atoms with Crippen molar-refractivity contribution in [1.29, 1.82) is 0 Å². The van der Waals surface area contributed by atoms with Crippen LogP contribution in [-0.4, -0.2) is 31.6 Å². The number of nitrogens with zero attached hydrogens (tertiary/aromatic N) is 1. The molecule has 0 atom stereocenters. The summed E-state index contributed by atoms with van der Waals surface area (Å²) in [6.45, 7) is 8.93. The predicted octanol–water partition coefficient (Wildman–Crippen LogP) is 3.92. The zero-order chi connectivity index (χ0) is 16.7. The topological polar surface area (TPSA) is 38.5 Å². The molecule has 0 saturated heterocycles. The molecule has 0 aromatic heterocycles. The van der Waals surface area contributed by atoms with Gasteiger partial charge in [-0.3, -0.25) is 4.90 Å². The maximum absolute atomic E-state index is 5.82. The summed E-state index contributed by atoms with van der Waals surface area (Å²) >= 11 is 0. The first-order valence-electron chi connectivity index (χ1n) is 9.16. The minimum Gasteiger partial charge on any atom is -0.497 e. The molecular formula is C20H34N2O. The van der Waals surface area contributed by atoms with Gasteiger partial charge in [0.25, 0.3) is 0 Å². The Balaban J connectivity index is 1.90. The molecule has 0 unspecified atom stereocenters. The van der Waals surface area contributed by atoms with Gasteiger partial charge in [-0.15, -0.1) is 0 Å². The molecule has 23 heavy (non-hydrogen) atoms. The fourth-order valence-electron chi connectivity index (χ4n) is 3.72. The quantitative estimate of drug-likeness (QED) is 0.789. The fraction of sp³-hybridized carbons (Fsp3) is 0.700.